The highest BCUT2D eigenvalue weighted by atomic mass is 16.2. The number of unbranched alkanes of at least 4 members (excludes halogenated alkanes) is 1. The van der Waals surface area contributed by atoms with Gasteiger partial charge in [-0.3, -0.25) is 0 Å². The highest BCUT2D eigenvalue weighted by Crippen LogP contribution is 2.23. The minimum Gasteiger partial charge on any atom is -0.398 e. The van der Waals surface area contributed by atoms with Crippen molar-refractivity contribution in [2.75, 3.05) is 18.1 Å². The topological polar surface area (TPSA) is 72.3 Å². The van der Waals surface area contributed by atoms with E-state index in [9.17, 15) is 0 Å². The van der Waals surface area contributed by atoms with Crippen LogP contribution in [0.1, 0.15) is 30.9 Å². The number of rotatable bonds is 5. The van der Waals surface area contributed by atoms with Crippen LogP contribution < -0.4 is 11.5 Å². The monoisotopic (exact) mass is 208 g/mol. The smallest absolute Gasteiger partial charge is 0.0472 e. The summed E-state index contributed by atoms with van der Waals surface area (Å²) in [7, 11) is 0. The Morgan fingerprint density at radius 3 is 2.07 bits per heavy atom. The van der Waals surface area contributed by atoms with Crippen LogP contribution in [0.3, 0.4) is 0 Å². The number of aryl methyl sites for hydroxylation is 1. The summed E-state index contributed by atoms with van der Waals surface area (Å²) in [4.78, 5) is 0. The fraction of sp³-hybridized carbons (Fsp3) is 0.500. The van der Waals surface area contributed by atoms with Gasteiger partial charge >= 0.3 is 0 Å². The molecule has 5 N–H and O–H groups in total. The van der Waals surface area contributed by atoms with Crippen LogP contribution in [-0.2, 0) is 12.8 Å². The third kappa shape index (κ3) is 3.13. The van der Waals surface area contributed by atoms with Crippen molar-refractivity contribution in [3.63, 3.8) is 0 Å². The molecule has 0 bridgehead atoms. The second-order valence-electron chi connectivity index (χ2n) is 3.83. The number of nitrogens with two attached hydrogens (primary N) is 2. The molecule has 0 aliphatic rings. The Balaban J connectivity index is 2.87. The maximum atomic E-state index is 8.85. The largest absolute Gasteiger partial charge is 0.398 e. The van der Waals surface area contributed by atoms with Crippen LogP contribution in [0.2, 0.25) is 0 Å². The van der Waals surface area contributed by atoms with Crippen LogP contribution in [-0.4, -0.2) is 11.7 Å². The van der Waals surface area contributed by atoms with Crippen LogP contribution in [0.4, 0.5) is 11.4 Å². The summed E-state index contributed by atoms with van der Waals surface area (Å²) in [5.74, 6) is 0. The normalized spacial score (nSPS) is 10.5. The molecule has 0 fully saturated rings. The van der Waals surface area contributed by atoms with Crippen molar-refractivity contribution in [2.45, 2.75) is 32.6 Å². The Bertz CT molecular complexity index is 324. The number of aliphatic hydroxyl groups is 1. The molecular formula is C12H20N2O. The van der Waals surface area contributed by atoms with Gasteiger partial charge in [0.05, 0.1) is 0 Å². The zero-order chi connectivity index (χ0) is 11.3. The van der Waals surface area contributed by atoms with Gasteiger partial charge in [0.2, 0.25) is 0 Å². The van der Waals surface area contributed by atoms with Gasteiger partial charge in [0.15, 0.2) is 0 Å². The van der Waals surface area contributed by atoms with Crippen molar-refractivity contribution in [1.82, 2.24) is 0 Å². The summed E-state index contributed by atoms with van der Waals surface area (Å²) < 4.78 is 0. The number of benzene rings is 1. The Morgan fingerprint density at radius 1 is 1.07 bits per heavy atom. The van der Waals surface area contributed by atoms with Gasteiger partial charge in [-0.2, -0.15) is 0 Å². The van der Waals surface area contributed by atoms with Crippen molar-refractivity contribution in [3.05, 3.63) is 23.3 Å². The molecule has 84 valence electrons. The first-order chi connectivity index (χ1) is 7.19. The fourth-order valence-electron chi connectivity index (χ4n) is 1.65. The van der Waals surface area contributed by atoms with Gasteiger partial charge in [0.1, 0.15) is 0 Å². The van der Waals surface area contributed by atoms with Crippen molar-refractivity contribution >= 4 is 11.4 Å². The lowest BCUT2D eigenvalue weighted by Crippen LogP contribution is -2.03. The predicted molar refractivity (Wildman–Crippen MR) is 64.7 cm³/mol. The molecular weight excluding hydrogens is 188 g/mol. The van der Waals surface area contributed by atoms with Crippen LogP contribution in [0, 0.1) is 0 Å². The summed E-state index contributed by atoms with van der Waals surface area (Å²) in [6.07, 6.45) is 3.83. The molecule has 0 aliphatic heterocycles. The lowest BCUT2D eigenvalue weighted by atomic mass is 10.0. The molecule has 1 aromatic carbocycles. The van der Waals surface area contributed by atoms with Crippen molar-refractivity contribution < 1.29 is 5.11 Å². The van der Waals surface area contributed by atoms with E-state index in [-0.39, 0.29) is 6.61 Å². The lowest BCUT2D eigenvalue weighted by Gasteiger charge is -2.10. The Kier molecular flexibility index (Phi) is 4.43. The molecule has 0 heterocycles. The Morgan fingerprint density at radius 2 is 1.60 bits per heavy atom. The first-order valence-electron chi connectivity index (χ1n) is 5.46. The Hall–Kier alpha value is -1.22. The molecule has 0 amide bonds. The van der Waals surface area contributed by atoms with Crippen LogP contribution in [0.5, 0.6) is 0 Å². The number of hydrogen-bond acceptors (Lipinski definition) is 3. The standard InChI is InChI=1S/C12H20N2O/c1-2-3-4-9-7-12(14)10(5-6-15)8-11(9)13/h7-8,15H,2-6,13-14H2,1H3. The van der Waals surface area contributed by atoms with E-state index in [1.165, 1.54) is 0 Å². The summed E-state index contributed by atoms with van der Waals surface area (Å²) >= 11 is 0. The van der Waals surface area contributed by atoms with E-state index in [1.807, 2.05) is 12.1 Å². The zero-order valence-corrected chi connectivity index (χ0v) is 9.29. The minimum absolute atomic E-state index is 0.109. The zero-order valence-electron chi connectivity index (χ0n) is 9.29. The fourth-order valence-corrected chi connectivity index (χ4v) is 1.65. The van der Waals surface area contributed by atoms with Crippen molar-refractivity contribution in [3.8, 4) is 0 Å². The summed E-state index contributed by atoms with van der Waals surface area (Å²) in [5, 5.41) is 8.85. The number of hydrogen-bond donors (Lipinski definition) is 3. The van der Waals surface area contributed by atoms with E-state index in [0.717, 1.165) is 41.8 Å². The first-order valence-corrected chi connectivity index (χ1v) is 5.46. The molecule has 3 nitrogen and oxygen atoms in total. The first kappa shape index (κ1) is 11.9. The van der Waals surface area contributed by atoms with Crippen LogP contribution in [0.25, 0.3) is 0 Å². The van der Waals surface area contributed by atoms with Crippen molar-refractivity contribution in [1.29, 1.82) is 0 Å². The van der Waals surface area contributed by atoms with E-state index in [1.54, 1.807) is 0 Å². The molecule has 3 heteroatoms. The van der Waals surface area contributed by atoms with Gasteiger partial charge in [-0.1, -0.05) is 13.3 Å². The van der Waals surface area contributed by atoms with Gasteiger partial charge in [0, 0.05) is 18.0 Å². The number of aliphatic hydroxyl groups excluding tert-OH is 1. The van der Waals surface area contributed by atoms with E-state index < -0.39 is 0 Å². The molecule has 0 unspecified atom stereocenters. The predicted octanol–water partition coefficient (Wildman–Crippen LogP) is 1.73. The number of anilines is 2. The van der Waals surface area contributed by atoms with E-state index in [0.29, 0.717) is 6.42 Å². The third-order valence-corrected chi connectivity index (χ3v) is 2.58. The number of nitrogen functional groups attached to an aromatic ring is 2. The van der Waals surface area contributed by atoms with Gasteiger partial charge in [-0.25, -0.2) is 0 Å². The summed E-state index contributed by atoms with van der Waals surface area (Å²) in [5.41, 5.74) is 15.4. The van der Waals surface area contributed by atoms with Crippen molar-refractivity contribution in [2.24, 2.45) is 0 Å². The maximum absolute atomic E-state index is 8.85. The van der Waals surface area contributed by atoms with Gasteiger partial charge < -0.3 is 16.6 Å². The second-order valence-corrected chi connectivity index (χ2v) is 3.83. The van der Waals surface area contributed by atoms with Gasteiger partial charge in [-0.15, -0.1) is 0 Å². The van der Waals surface area contributed by atoms with E-state index >= 15 is 0 Å². The van der Waals surface area contributed by atoms with E-state index in [4.69, 9.17) is 16.6 Å². The van der Waals surface area contributed by atoms with Crippen LogP contribution >= 0.6 is 0 Å². The maximum Gasteiger partial charge on any atom is 0.0472 e. The molecule has 1 aromatic rings. The molecule has 15 heavy (non-hydrogen) atoms. The highest BCUT2D eigenvalue weighted by molar-refractivity contribution is 5.60. The molecule has 0 aliphatic carbocycles. The van der Waals surface area contributed by atoms with E-state index in [2.05, 4.69) is 6.92 Å². The Labute approximate surface area is 91.1 Å². The highest BCUT2D eigenvalue weighted by Gasteiger charge is 2.05. The average Bonchev–Trinajstić information content (AvgIpc) is 2.21. The molecule has 1 rings (SSSR count). The van der Waals surface area contributed by atoms with Gasteiger partial charge in [-0.05, 0) is 42.5 Å². The second kappa shape index (κ2) is 5.61. The summed E-state index contributed by atoms with van der Waals surface area (Å²) in [6, 6.07) is 3.83. The minimum atomic E-state index is 0.109. The SMILES string of the molecule is CCCCc1cc(N)c(CCO)cc1N. The molecule has 0 atom stereocenters. The quantitative estimate of drug-likeness (QED) is 0.645. The van der Waals surface area contributed by atoms with Gasteiger partial charge in [0.25, 0.3) is 0 Å². The molecule has 0 saturated carbocycles. The average molecular weight is 208 g/mol. The molecule has 0 spiro atoms. The molecule has 0 saturated heterocycles. The molecule has 0 radical (unpaired) electrons. The third-order valence-electron chi connectivity index (χ3n) is 2.58. The van der Waals surface area contributed by atoms with Crippen LogP contribution in [0.15, 0.2) is 12.1 Å². The molecule has 0 aromatic heterocycles. The lowest BCUT2D eigenvalue weighted by molar-refractivity contribution is 0.300. The summed E-state index contributed by atoms with van der Waals surface area (Å²) in [6.45, 7) is 2.26.